The van der Waals surface area contributed by atoms with E-state index in [4.69, 9.17) is 27.3 Å². The molecule has 104 valence electrons. The molecule has 0 fully saturated rings. The normalized spacial score (nSPS) is 11.4. The third-order valence-corrected chi connectivity index (χ3v) is 3.61. The van der Waals surface area contributed by atoms with Gasteiger partial charge in [-0.2, -0.15) is 0 Å². The van der Waals surface area contributed by atoms with Gasteiger partial charge in [-0.3, -0.25) is 0 Å². The summed E-state index contributed by atoms with van der Waals surface area (Å²) in [4.78, 5) is 0. The summed E-state index contributed by atoms with van der Waals surface area (Å²) < 4.78 is 6.40. The van der Waals surface area contributed by atoms with Gasteiger partial charge in [0, 0.05) is 10.0 Å². The lowest BCUT2D eigenvalue weighted by Gasteiger charge is -2.10. The second-order valence-corrected chi connectivity index (χ2v) is 5.42. The molecule has 0 spiro atoms. The summed E-state index contributed by atoms with van der Waals surface area (Å²) in [6.45, 7) is 1.96. The first kappa shape index (κ1) is 14.7. The molecule has 0 saturated heterocycles. The standard InChI is InChI=1S/C14H12BrClN2O2/c1-8-2-5-12(16)13(6-8)20-9-3-4-10(11(15)7-9)14(17)18-19/h2-7,19H,1H3,(H2,17,18). The van der Waals surface area contributed by atoms with E-state index in [-0.39, 0.29) is 5.84 Å². The predicted octanol–water partition coefficient (Wildman–Crippen LogP) is 4.30. The molecule has 0 atom stereocenters. The van der Waals surface area contributed by atoms with Crippen LogP contribution in [0.25, 0.3) is 0 Å². The number of oxime groups is 1. The van der Waals surface area contributed by atoms with Gasteiger partial charge in [-0.15, -0.1) is 0 Å². The minimum absolute atomic E-state index is 0.0250. The fraction of sp³-hybridized carbons (Fsp3) is 0.0714. The van der Waals surface area contributed by atoms with Crippen LogP contribution in [0, 0.1) is 6.92 Å². The van der Waals surface area contributed by atoms with Crippen molar-refractivity contribution in [3.05, 3.63) is 57.0 Å². The van der Waals surface area contributed by atoms with Crippen LogP contribution in [0.5, 0.6) is 11.5 Å². The van der Waals surface area contributed by atoms with Crippen molar-refractivity contribution in [1.82, 2.24) is 0 Å². The number of hydrogen-bond donors (Lipinski definition) is 2. The van der Waals surface area contributed by atoms with Crippen molar-refractivity contribution >= 4 is 33.4 Å². The van der Waals surface area contributed by atoms with E-state index in [1.807, 2.05) is 19.1 Å². The third kappa shape index (κ3) is 3.23. The molecule has 0 aliphatic rings. The van der Waals surface area contributed by atoms with Crippen LogP contribution in [0.2, 0.25) is 5.02 Å². The monoisotopic (exact) mass is 354 g/mol. The molecule has 6 heteroatoms. The molecule has 2 rings (SSSR count). The summed E-state index contributed by atoms with van der Waals surface area (Å²) in [6, 6.07) is 10.7. The van der Waals surface area contributed by atoms with Crippen molar-refractivity contribution in [2.45, 2.75) is 6.92 Å². The summed E-state index contributed by atoms with van der Waals surface area (Å²) in [5, 5.41) is 12.2. The number of rotatable bonds is 3. The maximum Gasteiger partial charge on any atom is 0.171 e. The van der Waals surface area contributed by atoms with Crippen LogP contribution >= 0.6 is 27.5 Å². The summed E-state index contributed by atoms with van der Waals surface area (Å²) in [5.41, 5.74) is 7.18. The number of ether oxygens (including phenoxy) is 1. The molecule has 0 aromatic heterocycles. The zero-order valence-corrected chi connectivity index (χ0v) is 12.9. The van der Waals surface area contributed by atoms with Crippen molar-refractivity contribution in [1.29, 1.82) is 0 Å². The van der Waals surface area contributed by atoms with E-state index in [9.17, 15) is 0 Å². The highest BCUT2D eigenvalue weighted by Crippen LogP contribution is 2.32. The second-order valence-electron chi connectivity index (χ2n) is 4.16. The van der Waals surface area contributed by atoms with Crippen LogP contribution < -0.4 is 10.5 Å². The molecule has 0 aliphatic carbocycles. The highest BCUT2D eigenvalue weighted by Gasteiger charge is 2.08. The second kappa shape index (κ2) is 6.15. The number of aryl methyl sites for hydroxylation is 1. The van der Waals surface area contributed by atoms with Gasteiger partial charge in [-0.1, -0.05) is 22.8 Å². The van der Waals surface area contributed by atoms with E-state index < -0.39 is 0 Å². The van der Waals surface area contributed by atoms with Gasteiger partial charge < -0.3 is 15.7 Å². The summed E-state index contributed by atoms with van der Waals surface area (Å²) >= 11 is 9.43. The number of amidine groups is 1. The highest BCUT2D eigenvalue weighted by molar-refractivity contribution is 9.10. The zero-order valence-electron chi connectivity index (χ0n) is 10.6. The first-order valence-corrected chi connectivity index (χ1v) is 6.90. The number of hydrogen-bond acceptors (Lipinski definition) is 3. The van der Waals surface area contributed by atoms with Crippen molar-refractivity contribution in [3.63, 3.8) is 0 Å². The molecule has 0 heterocycles. The van der Waals surface area contributed by atoms with Crippen molar-refractivity contribution in [3.8, 4) is 11.5 Å². The van der Waals surface area contributed by atoms with Crippen molar-refractivity contribution < 1.29 is 9.94 Å². The van der Waals surface area contributed by atoms with Gasteiger partial charge >= 0.3 is 0 Å². The molecular formula is C14H12BrClN2O2. The summed E-state index contributed by atoms with van der Waals surface area (Å²) in [6.07, 6.45) is 0. The van der Waals surface area contributed by atoms with Crippen molar-refractivity contribution in [2.24, 2.45) is 10.9 Å². The average Bonchev–Trinajstić information content (AvgIpc) is 2.42. The molecule has 2 aromatic carbocycles. The SMILES string of the molecule is Cc1ccc(Cl)c(Oc2ccc(/C(N)=N/O)c(Br)c2)c1. The van der Waals surface area contributed by atoms with Crippen LogP contribution in [0.3, 0.4) is 0 Å². The van der Waals surface area contributed by atoms with Crippen LogP contribution in [0.1, 0.15) is 11.1 Å². The Kier molecular flexibility index (Phi) is 4.52. The Labute approximate surface area is 129 Å². The molecule has 0 bridgehead atoms. The van der Waals surface area contributed by atoms with E-state index in [0.717, 1.165) is 5.56 Å². The maximum absolute atomic E-state index is 8.68. The van der Waals surface area contributed by atoms with E-state index in [1.165, 1.54) is 0 Å². The molecule has 4 nitrogen and oxygen atoms in total. The fourth-order valence-corrected chi connectivity index (χ4v) is 2.35. The quantitative estimate of drug-likeness (QED) is 0.373. The van der Waals surface area contributed by atoms with Gasteiger partial charge in [0.25, 0.3) is 0 Å². The van der Waals surface area contributed by atoms with Gasteiger partial charge in [0.1, 0.15) is 11.5 Å². The Hall–Kier alpha value is -1.72. The molecule has 0 unspecified atom stereocenters. The van der Waals surface area contributed by atoms with E-state index in [2.05, 4.69) is 21.1 Å². The lowest BCUT2D eigenvalue weighted by Crippen LogP contribution is -2.13. The van der Waals surface area contributed by atoms with Crippen LogP contribution in [0.15, 0.2) is 46.0 Å². The molecule has 0 radical (unpaired) electrons. The molecule has 0 amide bonds. The van der Waals surface area contributed by atoms with E-state index in [0.29, 0.717) is 26.6 Å². The Morgan fingerprint density at radius 3 is 2.70 bits per heavy atom. The minimum atomic E-state index is 0.0250. The Morgan fingerprint density at radius 2 is 2.05 bits per heavy atom. The lowest BCUT2D eigenvalue weighted by atomic mass is 10.2. The number of halogens is 2. The van der Waals surface area contributed by atoms with Gasteiger partial charge in [0.05, 0.1) is 5.02 Å². The molecule has 3 N–H and O–H groups in total. The minimum Gasteiger partial charge on any atom is -0.456 e. The fourth-order valence-electron chi connectivity index (χ4n) is 1.64. The number of nitrogens with two attached hydrogens (primary N) is 1. The van der Waals surface area contributed by atoms with E-state index in [1.54, 1.807) is 24.3 Å². The van der Waals surface area contributed by atoms with Gasteiger partial charge in [0.15, 0.2) is 5.84 Å². The topological polar surface area (TPSA) is 67.8 Å². The largest absolute Gasteiger partial charge is 0.456 e. The average molecular weight is 356 g/mol. The third-order valence-electron chi connectivity index (χ3n) is 2.64. The highest BCUT2D eigenvalue weighted by atomic mass is 79.9. The predicted molar refractivity (Wildman–Crippen MR) is 82.9 cm³/mol. The molecule has 0 aliphatic heterocycles. The smallest absolute Gasteiger partial charge is 0.171 e. The van der Waals surface area contributed by atoms with E-state index >= 15 is 0 Å². The number of benzene rings is 2. The first-order valence-electron chi connectivity index (χ1n) is 5.72. The van der Waals surface area contributed by atoms with Gasteiger partial charge in [-0.25, -0.2) is 0 Å². The van der Waals surface area contributed by atoms with Gasteiger partial charge in [0.2, 0.25) is 0 Å². The first-order chi connectivity index (χ1) is 9.51. The number of nitrogens with zero attached hydrogens (tertiary/aromatic N) is 1. The maximum atomic E-state index is 8.68. The molecule has 0 saturated carbocycles. The molecule has 2 aromatic rings. The molecule has 20 heavy (non-hydrogen) atoms. The Bertz CT molecular complexity index is 674. The van der Waals surface area contributed by atoms with Gasteiger partial charge in [-0.05, 0) is 58.7 Å². The zero-order chi connectivity index (χ0) is 14.7. The van der Waals surface area contributed by atoms with Crippen LogP contribution in [-0.4, -0.2) is 11.0 Å². The Balaban J connectivity index is 2.31. The Morgan fingerprint density at radius 1 is 1.30 bits per heavy atom. The van der Waals surface area contributed by atoms with Crippen LogP contribution in [-0.2, 0) is 0 Å². The van der Waals surface area contributed by atoms with Crippen LogP contribution in [0.4, 0.5) is 0 Å². The van der Waals surface area contributed by atoms with Crippen molar-refractivity contribution in [2.75, 3.05) is 0 Å². The summed E-state index contributed by atoms with van der Waals surface area (Å²) in [5.74, 6) is 1.20. The lowest BCUT2D eigenvalue weighted by molar-refractivity contribution is 0.318. The summed E-state index contributed by atoms with van der Waals surface area (Å²) in [7, 11) is 0. The molecular weight excluding hydrogens is 344 g/mol.